The minimum atomic E-state index is 0.457. The molecule has 1 N–H and O–H groups in total. The maximum atomic E-state index is 5.60. The number of ether oxygens (including phenoxy) is 2. The van der Waals surface area contributed by atoms with Crippen molar-refractivity contribution in [3.8, 4) is 17.4 Å². The average Bonchev–Trinajstić information content (AvgIpc) is 2.40. The Morgan fingerprint density at radius 1 is 1.11 bits per heavy atom. The Kier molecular flexibility index (Phi) is 3.96. The van der Waals surface area contributed by atoms with Gasteiger partial charge in [0.25, 0.3) is 0 Å². The molecule has 0 atom stereocenters. The number of hydrogen-bond acceptors (Lipinski definition) is 5. The zero-order valence-corrected chi connectivity index (χ0v) is 10.4. The highest BCUT2D eigenvalue weighted by atomic mass is 16.5. The minimum Gasteiger partial charge on any atom is -0.497 e. The Labute approximate surface area is 106 Å². The van der Waals surface area contributed by atoms with Crippen molar-refractivity contribution in [2.75, 3.05) is 19.0 Å². The topological polar surface area (TPSA) is 56.3 Å². The van der Waals surface area contributed by atoms with Gasteiger partial charge in [-0.25, -0.2) is 0 Å². The van der Waals surface area contributed by atoms with Crippen LogP contribution in [-0.4, -0.2) is 23.6 Å². The molecular formula is C13H15N3O2. The van der Waals surface area contributed by atoms with Crippen LogP contribution in [0.3, 0.4) is 0 Å². The molecule has 0 amide bonds. The Hall–Kier alpha value is -2.30. The van der Waals surface area contributed by atoms with Crippen molar-refractivity contribution in [3.05, 3.63) is 36.7 Å². The Morgan fingerprint density at radius 2 is 1.83 bits per heavy atom. The Bertz CT molecular complexity index is 500. The van der Waals surface area contributed by atoms with E-state index in [9.17, 15) is 0 Å². The SMILES string of the molecule is CCNc1cncc(Oc2ccc(OC)cc2)n1. The lowest BCUT2D eigenvalue weighted by Gasteiger charge is -2.07. The van der Waals surface area contributed by atoms with Crippen molar-refractivity contribution in [2.45, 2.75) is 6.92 Å². The van der Waals surface area contributed by atoms with Crippen molar-refractivity contribution < 1.29 is 9.47 Å². The van der Waals surface area contributed by atoms with E-state index in [1.54, 1.807) is 19.5 Å². The molecule has 0 aliphatic heterocycles. The molecule has 1 aromatic carbocycles. The quantitative estimate of drug-likeness (QED) is 0.877. The standard InChI is InChI=1S/C13H15N3O2/c1-3-15-12-8-14-9-13(16-12)18-11-6-4-10(17-2)5-7-11/h4-9H,3H2,1-2H3,(H,15,16). The molecule has 0 fully saturated rings. The van der Waals surface area contributed by atoms with Gasteiger partial charge in [-0.05, 0) is 31.2 Å². The van der Waals surface area contributed by atoms with Crippen LogP contribution in [0, 0.1) is 0 Å². The summed E-state index contributed by atoms with van der Waals surface area (Å²) in [5, 5.41) is 3.08. The molecule has 0 spiro atoms. The Balaban J connectivity index is 2.09. The molecular weight excluding hydrogens is 230 g/mol. The molecule has 0 radical (unpaired) electrons. The van der Waals surface area contributed by atoms with Crippen LogP contribution in [0.1, 0.15) is 6.92 Å². The van der Waals surface area contributed by atoms with Gasteiger partial charge >= 0.3 is 0 Å². The first-order chi connectivity index (χ1) is 8.81. The molecule has 94 valence electrons. The van der Waals surface area contributed by atoms with E-state index in [4.69, 9.17) is 9.47 Å². The molecule has 0 saturated heterocycles. The number of nitrogens with zero attached hydrogens (tertiary/aromatic N) is 2. The maximum absolute atomic E-state index is 5.60. The summed E-state index contributed by atoms with van der Waals surface area (Å²) in [6.45, 7) is 2.79. The molecule has 5 nitrogen and oxygen atoms in total. The van der Waals surface area contributed by atoms with Crippen LogP contribution >= 0.6 is 0 Å². The highest BCUT2D eigenvalue weighted by Gasteiger charge is 2.01. The second-order valence-corrected chi connectivity index (χ2v) is 3.55. The summed E-state index contributed by atoms with van der Waals surface area (Å²) < 4.78 is 10.7. The van der Waals surface area contributed by atoms with E-state index in [1.165, 1.54) is 0 Å². The van der Waals surface area contributed by atoms with Crippen molar-refractivity contribution >= 4 is 5.82 Å². The average molecular weight is 245 g/mol. The van der Waals surface area contributed by atoms with E-state index < -0.39 is 0 Å². The van der Waals surface area contributed by atoms with Crippen LogP contribution in [0.25, 0.3) is 0 Å². The molecule has 0 aliphatic rings. The van der Waals surface area contributed by atoms with Gasteiger partial charge in [-0.2, -0.15) is 4.98 Å². The van der Waals surface area contributed by atoms with E-state index >= 15 is 0 Å². The van der Waals surface area contributed by atoms with Gasteiger partial charge in [0.05, 0.1) is 19.5 Å². The maximum Gasteiger partial charge on any atom is 0.239 e. The summed E-state index contributed by atoms with van der Waals surface area (Å²) in [6.07, 6.45) is 3.23. The third kappa shape index (κ3) is 3.10. The van der Waals surface area contributed by atoms with Crippen LogP contribution in [0.5, 0.6) is 17.4 Å². The third-order valence-corrected chi connectivity index (χ3v) is 2.25. The van der Waals surface area contributed by atoms with Crippen molar-refractivity contribution in [3.63, 3.8) is 0 Å². The lowest BCUT2D eigenvalue weighted by atomic mass is 10.3. The Morgan fingerprint density at radius 3 is 2.50 bits per heavy atom. The van der Waals surface area contributed by atoms with Crippen molar-refractivity contribution in [1.29, 1.82) is 0 Å². The summed E-state index contributed by atoms with van der Waals surface area (Å²) in [4.78, 5) is 8.33. The molecule has 0 unspecified atom stereocenters. The van der Waals surface area contributed by atoms with Crippen LogP contribution in [0.15, 0.2) is 36.7 Å². The predicted octanol–water partition coefficient (Wildman–Crippen LogP) is 2.71. The molecule has 0 bridgehead atoms. The van der Waals surface area contributed by atoms with Crippen LogP contribution in [0.4, 0.5) is 5.82 Å². The number of methoxy groups -OCH3 is 1. The fourth-order valence-electron chi connectivity index (χ4n) is 1.43. The van der Waals surface area contributed by atoms with E-state index in [-0.39, 0.29) is 0 Å². The van der Waals surface area contributed by atoms with Crippen LogP contribution < -0.4 is 14.8 Å². The van der Waals surface area contributed by atoms with Gasteiger partial charge in [-0.3, -0.25) is 4.98 Å². The van der Waals surface area contributed by atoms with E-state index in [0.29, 0.717) is 17.4 Å². The molecule has 18 heavy (non-hydrogen) atoms. The summed E-state index contributed by atoms with van der Waals surface area (Å²) in [5.74, 6) is 2.63. The highest BCUT2D eigenvalue weighted by Crippen LogP contribution is 2.22. The predicted molar refractivity (Wildman–Crippen MR) is 69.3 cm³/mol. The summed E-state index contributed by atoms with van der Waals surface area (Å²) >= 11 is 0. The minimum absolute atomic E-state index is 0.457. The molecule has 2 rings (SSSR count). The monoisotopic (exact) mass is 245 g/mol. The summed E-state index contributed by atoms with van der Waals surface area (Å²) in [5.41, 5.74) is 0. The smallest absolute Gasteiger partial charge is 0.239 e. The van der Waals surface area contributed by atoms with Gasteiger partial charge in [-0.15, -0.1) is 0 Å². The number of rotatable bonds is 5. The number of anilines is 1. The molecule has 0 aliphatic carbocycles. The molecule has 1 heterocycles. The number of hydrogen-bond donors (Lipinski definition) is 1. The first kappa shape index (κ1) is 12.2. The van der Waals surface area contributed by atoms with E-state index in [2.05, 4.69) is 15.3 Å². The second-order valence-electron chi connectivity index (χ2n) is 3.55. The molecule has 2 aromatic rings. The first-order valence-corrected chi connectivity index (χ1v) is 5.69. The largest absolute Gasteiger partial charge is 0.497 e. The van der Waals surface area contributed by atoms with Gasteiger partial charge < -0.3 is 14.8 Å². The normalized spacial score (nSPS) is 9.89. The summed E-state index contributed by atoms with van der Waals surface area (Å²) in [7, 11) is 1.63. The lowest BCUT2D eigenvalue weighted by Crippen LogP contribution is -2.00. The van der Waals surface area contributed by atoms with Gasteiger partial charge in [0.2, 0.25) is 5.88 Å². The van der Waals surface area contributed by atoms with Crippen LogP contribution in [-0.2, 0) is 0 Å². The third-order valence-electron chi connectivity index (χ3n) is 2.25. The molecule has 1 aromatic heterocycles. The molecule has 0 saturated carbocycles. The van der Waals surface area contributed by atoms with E-state index in [1.807, 2.05) is 31.2 Å². The number of benzene rings is 1. The zero-order valence-electron chi connectivity index (χ0n) is 10.4. The number of aromatic nitrogens is 2. The second kappa shape index (κ2) is 5.86. The zero-order chi connectivity index (χ0) is 12.8. The highest BCUT2D eigenvalue weighted by molar-refractivity contribution is 5.36. The van der Waals surface area contributed by atoms with Crippen molar-refractivity contribution in [2.24, 2.45) is 0 Å². The molecule has 5 heteroatoms. The van der Waals surface area contributed by atoms with Crippen molar-refractivity contribution in [1.82, 2.24) is 9.97 Å². The summed E-state index contributed by atoms with van der Waals surface area (Å²) in [6, 6.07) is 7.30. The fraction of sp³-hybridized carbons (Fsp3) is 0.231. The van der Waals surface area contributed by atoms with Gasteiger partial charge in [0.1, 0.15) is 17.3 Å². The van der Waals surface area contributed by atoms with Gasteiger partial charge in [-0.1, -0.05) is 0 Å². The van der Waals surface area contributed by atoms with Crippen LogP contribution in [0.2, 0.25) is 0 Å². The number of nitrogens with one attached hydrogen (secondary N) is 1. The fourth-order valence-corrected chi connectivity index (χ4v) is 1.43. The van der Waals surface area contributed by atoms with Gasteiger partial charge in [0, 0.05) is 6.54 Å². The van der Waals surface area contributed by atoms with Gasteiger partial charge in [0.15, 0.2) is 0 Å². The lowest BCUT2D eigenvalue weighted by molar-refractivity contribution is 0.412. The first-order valence-electron chi connectivity index (χ1n) is 5.69. The van der Waals surface area contributed by atoms with E-state index in [0.717, 1.165) is 12.3 Å².